The first-order valence-electron chi connectivity index (χ1n) is 6.37. The summed E-state index contributed by atoms with van der Waals surface area (Å²) in [5.41, 5.74) is 2.40. The normalized spacial score (nSPS) is 24.9. The topological polar surface area (TPSA) is 63.0 Å². The molecular formula is C15H15N3O2. The Hall–Kier alpha value is -2.43. The number of amides is 1. The van der Waals surface area contributed by atoms with Crippen LogP contribution in [0.3, 0.4) is 0 Å². The van der Waals surface area contributed by atoms with Gasteiger partial charge >= 0.3 is 0 Å². The van der Waals surface area contributed by atoms with Crippen LogP contribution in [0, 0.1) is 0 Å². The summed E-state index contributed by atoms with van der Waals surface area (Å²) in [5, 5.41) is 11.1. The van der Waals surface area contributed by atoms with Crippen LogP contribution >= 0.6 is 0 Å². The number of fused-ring (bicyclic) bond motifs is 1. The van der Waals surface area contributed by atoms with Gasteiger partial charge in [-0.3, -0.25) is 4.79 Å². The third-order valence-electron chi connectivity index (χ3n) is 3.93. The second-order valence-corrected chi connectivity index (χ2v) is 5.00. The predicted octanol–water partition coefficient (Wildman–Crippen LogP) is 2.63. The highest BCUT2D eigenvalue weighted by atomic mass is 16.5. The Balaban J connectivity index is 2.20. The highest BCUT2D eigenvalue weighted by Crippen LogP contribution is 2.41. The Kier molecular flexibility index (Phi) is 2.71. The van der Waals surface area contributed by atoms with Crippen molar-refractivity contribution in [3.63, 3.8) is 0 Å². The second kappa shape index (κ2) is 4.30. The molecule has 2 heterocycles. The molecule has 0 saturated carbocycles. The molecule has 1 aromatic carbocycles. The maximum Gasteiger partial charge on any atom is 0.260 e. The summed E-state index contributed by atoms with van der Waals surface area (Å²) in [4.78, 5) is 12.4. The van der Waals surface area contributed by atoms with Crippen molar-refractivity contribution in [1.29, 1.82) is 0 Å². The summed E-state index contributed by atoms with van der Waals surface area (Å²) >= 11 is 0. The molecule has 5 nitrogen and oxygen atoms in total. The fourth-order valence-corrected chi connectivity index (χ4v) is 2.59. The van der Waals surface area contributed by atoms with Crippen LogP contribution < -0.4 is 5.32 Å². The number of ether oxygens (including phenoxy) is 1. The third-order valence-corrected chi connectivity index (χ3v) is 3.93. The zero-order valence-electron chi connectivity index (χ0n) is 11.6. The Bertz CT molecular complexity index is 674. The van der Waals surface area contributed by atoms with Gasteiger partial charge in [0.25, 0.3) is 5.91 Å². The molecule has 102 valence electrons. The number of nitrogens with zero attached hydrogens (tertiary/aromatic N) is 2. The largest absolute Gasteiger partial charge is 0.479 e. The van der Waals surface area contributed by atoms with Gasteiger partial charge in [0.15, 0.2) is 0 Å². The van der Waals surface area contributed by atoms with Crippen molar-refractivity contribution < 1.29 is 9.53 Å². The smallest absolute Gasteiger partial charge is 0.260 e. The van der Waals surface area contributed by atoms with E-state index in [0.29, 0.717) is 11.3 Å². The number of methoxy groups -OCH3 is 1. The Labute approximate surface area is 117 Å². The molecule has 2 aliphatic rings. The van der Waals surface area contributed by atoms with Gasteiger partial charge in [0.1, 0.15) is 11.3 Å². The molecule has 0 radical (unpaired) electrons. The first-order valence-corrected chi connectivity index (χ1v) is 6.37. The van der Waals surface area contributed by atoms with Gasteiger partial charge in [-0.15, -0.1) is 10.2 Å². The molecule has 0 saturated heterocycles. The minimum atomic E-state index is -0.584. The van der Waals surface area contributed by atoms with E-state index in [2.05, 4.69) is 15.5 Å². The maximum absolute atomic E-state index is 12.4. The molecule has 1 N–H and O–H groups in total. The van der Waals surface area contributed by atoms with E-state index in [0.717, 1.165) is 11.1 Å². The van der Waals surface area contributed by atoms with Crippen molar-refractivity contribution in [3.8, 4) is 0 Å². The van der Waals surface area contributed by atoms with Crippen LogP contribution in [0.25, 0.3) is 0 Å². The summed E-state index contributed by atoms with van der Waals surface area (Å²) in [6, 6.07) is 9.83. The molecule has 1 unspecified atom stereocenters. The number of azo groups is 1. The SMILES string of the molecule is COC1=C2C(=O)NC(C)(c3ccccc3)C(C)=C2N=N1. The van der Waals surface area contributed by atoms with Crippen LogP contribution in [-0.2, 0) is 15.1 Å². The second-order valence-electron chi connectivity index (χ2n) is 5.00. The quantitative estimate of drug-likeness (QED) is 0.897. The first-order chi connectivity index (χ1) is 9.58. The van der Waals surface area contributed by atoms with Crippen molar-refractivity contribution in [2.24, 2.45) is 10.2 Å². The summed E-state index contributed by atoms with van der Waals surface area (Å²) in [6.45, 7) is 3.93. The van der Waals surface area contributed by atoms with Gasteiger partial charge in [0, 0.05) is 0 Å². The summed E-state index contributed by atoms with van der Waals surface area (Å²) < 4.78 is 5.10. The molecule has 0 aromatic heterocycles. The van der Waals surface area contributed by atoms with Crippen LogP contribution in [0.2, 0.25) is 0 Å². The molecule has 1 atom stereocenters. The number of hydrogen-bond donors (Lipinski definition) is 1. The Morgan fingerprint density at radius 2 is 1.90 bits per heavy atom. The highest BCUT2D eigenvalue weighted by molar-refractivity contribution is 6.01. The lowest BCUT2D eigenvalue weighted by atomic mass is 9.80. The molecular weight excluding hydrogens is 254 g/mol. The highest BCUT2D eigenvalue weighted by Gasteiger charge is 2.42. The number of carbonyl (C=O) groups excluding carboxylic acids is 1. The van der Waals surface area contributed by atoms with Gasteiger partial charge in [-0.2, -0.15) is 0 Å². The van der Waals surface area contributed by atoms with Gasteiger partial charge in [0.2, 0.25) is 5.88 Å². The van der Waals surface area contributed by atoms with Crippen molar-refractivity contribution in [2.75, 3.05) is 7.11 Å². The van der Waals surface area contributed by atoms with Crippen molar-refractivity contribution >= 4 is 5.91 Å². The van der Waals surface area contributed by atoms with E-state index in [1.807, 2.05) is 44.2 Å². The Morgan fingerprint density at radius 1 is 1.20 bits per heavy atom. The Morgan fingerprint density at radius 3 is 2.55 bits per heavy atom. The average Bonchev–Trinajstić information content (AvgIpc) is 2.90. The molecule has 0 bridgehead atoms. The molecule has 1 aromatic rings. The molecule has 1 amide bonds. The van der Waals surface area contributed by atoms with Crippen LogP contribution in [-0.4, -0.2) is 13.0 Å². The number of carbonyl (C=O) groups is 1. The fraction of sp³-hybridized carbons (Fsp3) is 0.267. The fourth-order valence-electron chi connectivity index (χ4n) is 2.59. The van der Waals surface area contributed by atoms with E-state index in [9.17, 15) is 4.79 Å². The van der Waals surface area contributed by atoms with Crippen molar-refractivity contribution in [3.05, 3.63) is 58.6 Å². The lowest BCUT2D eigenvalue weighted by Gasteiger charge is -2.36. The van der Waals surface area contributed by atoms with Gasteiger partial charge < -0.3 is 10.1 Å². The van der Waals surface area contributed by atoms with E-state index in [4.69, 9.17) is 4.74 Å². The molecule has 2 aliphatic heterocycles. The molecule has 20 heavy (non-hydrogen) atoms. The molecule has 0 aliphatic carbocycles. The van der Waals surface area contributed by atoms with Gasteiger partial charge in [0.05, 0.1) is 12.6 Å². The number of nitrogens with one attached hydrogen (secondary N) is 1. The zero-order chi connectivity index (χ0) is 14.3. The lowest BCUT2D eigenvalue weighted by Crippen LogP contribution is -2.48. The summed E-state index contributed by atoms with van der Waals surface area (Å²) in [6.07, 6.45) is 0. The molecule has 5 heteroatoms. The van der Waals surface area contributed by atoms with Gasteiger partial charge in [-0.05, 0) is 25.0 Å². The monoisotopic (exact) mass is 269 g/mol. The predicted molar refractivity (Wildman–Crippen MR) is 73.5 cm³/mol. The van der Waals surface area contributed by atoms with Gasteiger partial charge in [-0.25, -0.2) is 0 Å². The summed E-state index contributed by atoms with van der Waals surface area (Å²) in [7, 11) is 1.48. The van der Waals surface area contributed by atoms with Crippen LogP contribution in [0.4, 0.5) is 0 Å². The average molecular weight is 269 g/mol. The zero-order valence-corrected chi connectivity index (χ0v) is 11.6. The van der Waals surface area contributed by atoms with Crippen molar-refractivity contribution in [2.45, 2.75) is 19.4 Å². The molecule has 3 rings (SSSR count). The standard InChI is InChI=1S/C15H15N3O2/c1-9-12-11(14(20-3)18-17-12)13(19)16-15(9,2)10-7-5-4-6-8-10/h4-8H,1-3H3,(H,16,19). The number of rotatable bonds is 2. The van der Waals surface area contributed by atoms with Gasteiger partial charge in [-0.1, -0.05) is 30.3 Å². The van der Waals surface area contributed by atoms with Crippen molar-refractivity contribution in [1.82, 2.24) is 5.32 Å². The van der Waals surface area contributed by atoms with Crippen LogP contribution in [0.5, 0.6) is 0 Å². The maximum atomic E-state index is 12.4. The van der Waals surface area contributed by atoms with E-state index in [1.165, 1.54) is 7.11 Å². The lowest BCUT2D eigenvalue weighted by molar-refractivity contribution is -0.119. The van der Waals surface area contributed by atoms with Crippen LogP contribution in [0.15, 0.2) is 63.3 Å². The number of hydrogen-bond acceptors (Lipinski definition) is 4. The minimum Gasteiger partial charge on any atom is -0.479 e. The number of benzene rings is 1. The van der Waals surface area contributed by atoms with Crippen LogP contribution in [0.1, 0.15) is 19.4 Å². The molecule has 0 spiro atoms. The van der Waals surface area contributed by atoms with E-state index in [-0.39, 0.29) is 11.8 Å². The van der Waals surface area contributed by atoms with E-state index < -0.39 is 5.54 Å². The van der Waals surface area contributed by atoms with E-state index in [1.54, 1.807) is 0 Å². The van der Waals surface area contributed by atoms with E-state index >= 15 is 0 Å². The third kappa shape index (κ3) is 1.59. The summed E-state index contributed by atoms with van der Waals surface area (Å²) in [5.74, 6) is 0.0609. The first kappa shape index (κ1) is 12.6. The molecule has 0 fully saturated rings. The minimum absolute atomic E-state index is 0.209.